The fraction of sp³-hybridized carbons (Fsp3) is 0.636. The molecule has 2 aliphatic carbocycles. The highest BCUT2D eigenvalue weighted by Gasteiger charge is 2.54. The summed E-state index contributed by atoms with van der Waals surface area (Å²) in [6.45, 7) is 6.75. The molecule has 3 aliphatic rings. The molecule has 0 aromatic heterocycles. The van der Waals surface area contributed by atoms with E-state index in [0.29, 0.717) is 17.9 Å². The van der Waals surface area contributed by atoms with Gasteiger partial charge < -0.3 is 14.2 Å². The molecule has 0 saturated heterocycles. The van der Waals surface area contributed by atoms with Crippen LogP contribution >= 0.6 is 0 Å². The summed E-state index contributed by atoms with van der Waals surface area (Å²) >= 11 is 0. The number of allylic oxidation sites excluding steroid dienone is 3. The lowest BCUT2D eigenvalue weighted by Gasteiger charge is -2.56. The molecule has 5 heteroatoms. The lowest BCUT2D eigenvalue weighted by atomic mass is 9.48. The van der Waals surface area contributed by atoms with E-state index >= 15 is 0 Å². The molecule has 1 fully saturated rings. The molecule has 5 nitrogen and oxygen atoms in total. The number of esters is 2. The van der Waals surface area contributed by atoms with Gasteiger partial charge >= 0.3 is 11.9 Å². The number of fused-ring (bicyclic) bond motifs is 1. The monoisotopic (exact) mass is 374 g/mol. The molecule has 0 aromatic carbocycles. The first-order chi connectivity index (χ1) is 12.8. The average Bonchev–Trinajstić information content (AvgIpc) is 3.02. The van der Waals surface area contributed by atoms with Crippen LogP contribution in [0.25, 0.3) is 0 Å². The first kappa shape index (κ1) is 19.9. The lowest BCUT2D eigenvalue weighted by molar-refractivity contribution is -0.155. The Labute approximate surface area is 161 Å². The van der Waals surface area contributed by atoms with Crippen molar-refractivity contribution >= 4 is 11.9 Å². The first-order valence-corrected chi connectivity index (χ1v) is 9.68. The van der Waals surface area contributed by atoms with E-state index in [2.05, 4.69) is 26.8 Å². The second-order valence-corrected chi connectivity index (χ2v) is 8.50. The second-order valence-electron chi connectivity index (χ2n) is 8.50. The van der Waals surface area contributed by atoms with Gasteiger partial charge in [0.2, 0.25) is 6.29 Å². The molecule has 0 unspecified atom stereocenters. The number of hydrogen-bond acceptors (Lipinski definition) is 5. The van der Waals surface area contributed by atoms with Crippen LogP contribution in [0, 0.1) is 22.7 Å². The van der Waals surface area contributed by atoms with Crippen molar-refractivity contribution in [2.45, 2.75) is 52.7 Å². The molecule has 0 aromatic rings. The summed E-state index contributed by atoms with van der Waals surface area (Å²) < 4.78 is 15.3. The van der Waals surface area contributed by atoms with Crippen molar-refractivity contribution in [3.63, 3.8) is 0 Å². The van der Waals surface area contributed by atoms with Crippen LogP contribution in [0.1, 0.15) is 46.5 Å². The molecular formula is C22H30O5. The van der Waals surface area contributed by atoms with Crippen molar-refractivity contribution in [1.29, 1.82) is 0 Å². The third-order valence-electron chi connectivity index (χ3n) is 7.19. The molecule has 27 heavy (non-hydrogen) atoms. The fourth-order valence-electron chi connectivity index (χ4n) is 5.19. The van der Waals surface area contributed by atoms with Crippen molar-refractivity contribution in [3.05, 3.63) is 35.5 Å². The number of carbonyl (C=O) groups is 2. The van der Waals surface area contributed by atoms with Crippen molar-refractivity contribution in [2.24, 2.45) is 22.7 Å². The Kier molecular flexibility index (Phi) is 5.35. The summed E-state index contributed by atoms with van der Waals surface area (Å²) in [5.41, 5.74) is 1.16. The highest BCUT2D eigenvalue weighted by molar-refractivity contribution is 5.91. The maximum atomic E-state index is 12.4. The molecule has 0 bridgehead atoms. The van der Waals surface area contributed by atoms with E-state index in [1.807, 2.05) is 12.2 Å². The Morgan fingerprint density at radius 2 is 2.07 bits per heavy atom. The summed E-state index contributed by atoms with van der Waals surface area (Å²) in [7, 11) is 2.97. The molecule has 148 valence electrons. The predicted octanol–water partition coefficient (Wildman–Crippen LogP) is 3.95. The van der Waals surface area contributed by atoms with Gasteiger partial charge in [-0.15, -0.1) is 0 Å². The Bertz CT molecular complexity index is 718. The minimum absolute atomic E-state index is 0.0384. The van der Waals surface area contributed by atoms with Crippen molar-refractivity contribution in [3.8, 4) is 0 Å². The Morgan fingerprint density at radius 3 is 2.70 bits per heavy atom. The molecular weight excluding hydrogens is 344 g/mol. The molecule has 1 saturated carbocycles. The van der Waals surface area contributed by atoms with Crippen LogP contribution in [0.15, 0.2) is 35.5 Å². The molecule has 1 aliphatic heterocycles. The van der Waals surface area contributed by atoms with Gasteiger partial charge in [0.15, 0.2) is 0 Å². The van der Waals surface area contributed by atoms with Crippen LogP contribution in [-0.4, -0.2) is 32.4 Å². The fourth-order valence-corrected chi connectivity index (χ4v) is 5.19. The molecule has 0 radical (unpaired) electrons. The van der Waals surface area contributed by atoms with Gasteiger partial charge in [-0.1, -0.05) is 39.0 Å². The number of cyclic esters (lactones) is 1. The third kappa shape index (κ3) is 3.27. The van der Waals surface area contributed by atoms with E-state index in [4.69, 9.17) is 14.2 Å². The van der Waals surface area contributed by atoms with Crippen LogP contribution in [0.4, 0.5) is 0 Å². The molecule has 0 spiro atoms. The van der Waals surface area contributed by atoms with Gasteiger partial charge in [0.1, 0.15) is 0 Å². The Hall–Kier alpha value is -1.88. The van der Waals surface area contributed by atoms with Gasteiger partial charge in [0, 0.05) is 23.7 Å². The van der Waals surface area contributed by atoms with Crippen LogP contribution in [0.3, 0.4) is 0 Å². The van der Waals surface area contributed by atoms with Gasteiger partial charge in [0.05, 0.1) is 7.11 Å². The van der Waals surface area contributed by atoms with Gasteiger partial charge in [-0.3, -0.25) is 0 Å². The molecule has 5 atom stereocenters. The minimum Gasteiger partial charge on any atom is -0.466 e. The summed E-state index contributed by atoms with van der Waals surface area (Å²) in [6.07, 6.45) is 10.8. The van der Waals surface area contributed by atoms with Gasteiger partial charge in [-0.05, 0) is 49.0 Å². The standard InChI is InChI=1S/C22H30O5/c1-14-9-11-22(3)16(20(24)26-5)7-6-8-17(22)21(14,2)12-10-15-13-18(25-4)27-19(15)23/h6-8,13-14,17-18H,9-12H2,1-5H3/t14-,17-,18+,21+,22+/m1/s1. The lowest BCUT2D eigenvalue weighted by Crippen LogP contribution is -2.50. The van der Waals surface area contributed by atoms with Gasteiger partial charge in [-0.2, -0.15) is 0 Å². The second kappa shape index (κ2) is 7.27. The SMILES string of the molecule is COC(=O)C1=CC=C[C@@H]2[C@@](C)(CCC3=C[C@@H](OC)OC3=O)[C@H](C)CC[C@@]12C. The van der Waals surface area contributed by atoms with E-state index in [1.165, 1.54) is 14.2 Å². The highest BCUT2D eigenvalue weighted by Crippen LogP contribution is 2.60. The van der Waals surface area contributed by atoms with E-state index in [1.54, 1.807) is 6.08 Å². The number of rotatable bonds is 5. The van der Waals surface area contributed by atoms with Gasteiger partial charge in [-0.25, -0.2) is 9.59 Å². The van der Waals surface area contributed by atoms with E-state index < -0.39 is 6.29 Å². The summed E-state index contributed by atoms with van der Waals surface area (Å²) in [4.78, 5) is 24.5. The largest absolute Gasteiger partial charge is 0.466 e. The molecule has 0 N–H and O–H groups in total. The third-order valence-corrected chi connectivity index (χ3v) is 7.19. The number of carbonyl (C=O) groups excluding carboxylic acids is 2. The highest BCUT2D eigenvalue weighted by atomic mass is 16.7. The molecule has 3 rings (SSSR count). The van der Waals surface area contributed by atoms with Gasteiger partial charge in [0.25, 0.3) is 0 Å². The van der Waals surface area contributed by atoms with Crippen LogP contribution < -0.4 is 0 Å². The van der Waals surface area contributed by atoms with Crippen molar-refractivity contribution < 1.29 is 23.8 Å². The van der Waals surface area contributed by atoms with Crippen LogP contribution in [0.2, 0.25) is 0 Å². The Morgan fingerprint density at radius 1 is 1.33 bits per heavy atom. The maximum absolute atomic E-state index is 12.4. The van der Waals surface area contributed by atoms with E-state index in [-0.39, 0.29) is 28.7 Å². The normalized spacial score (nSPS) is 38.0. The smallest absolute Gasteiger partial charge is 0.336 e. The summed E-state index contributed by atoms with van der Waals surface area (Å²) in [5.74, 6) is 0.164. The van der Waals surface area contributed by atoms with E-state index in [0.717, 1.165) is 24.8 Å². The summed E-state index contributed by atoms with van der Waals surface area (Å²) in [6, 6.07) is 0. The molecule has 0 amide bonds. The molecule has 1 heterocycles. The minimum atomic E-state index is -0.571. The predicted molar refractivity (Wildman–Crippen MR) is 102 cm³/mol. The number of methoxy groups -OCH3 is 2. The zero-order chi connectivity index (χ0) is 19.8. The number of ether oxygens (including phenoxy) is 3. The quantitative estimate of drug-likeness (QED) is 0.682. The zero-order valence-electron chi connectivity index (χ0n) is 16.9. The van der Waals surface area contributed by atoms with Crippen LogP contribution in [0.5, 0.6) is 0 Å². The topological polar surface area (TPSA) is 61.8 Å². The van der Waals surface area contributed by atoms with E-state index in [9.17, 15) is 9.59 Å². The first-order valence-electron chi connectivity index (χ1n) is 9.68. The Balaban J connectivity index is 1.85. The average molecular weight is 374 g/mol. The zero-order valence-corrected chi connectivity index (χ0v) is 16.9. The van der Waals surface area contributed by atoms with Crippen molar-refractivity contribution in [2.75, 3.05) is 14.2 Å². The number of hydrogen-bond donors (Lipinski definition) is 0. The van der Waals surface area contributed by atoms with Crippen molar-refractivity contribution in [1.82, 2.24) is 0 Å². The maximum Gasteiger partial charge on any atom is 0.336 e. The summed E-state index contributed by atoms with van der Waals surface area (Å²) in [5, 5.41) is 0. The van der Waals surface area contributed by atoms with Crippen LogP contribution in [-0.2, 0) is 23.8 Å².